The molecule has 1 fully saturated rings. The fourth-order valence-corrected chi connectivity index (χ4v) is 3.10. The molecule has 8 heteroatoms. The van der Waals surface area contributed by atoms with Crippen LogP contribution in [0.4, 0.5) is 18.9 Å². The summed E-state index contributed by atoms with van der Waals surface area (Å²) in [6.07, 6.45) is -3.40. The van der Waals surface area contributed by atoms with E-state index in [1.165, 1.54) is 6.92 Å². The number of alkyl halides is 3. The molecule has 0 radical (unpaired) electrons. The van der Waals surface area contributed by atoms with Crippen molar-refractivity contribution < 1.29 is 18.3 Å². The van der Waals surface area contributed by atoms with E-state index in [0.29, 0.717) is 31.2 Å². The van der Waals surface area contributed by atoms with Gasteiger partial charge in [0, 0.05) is 26.2 Å². The van der Waals surface area contributed by atoms with E-state index < -0.39 is 18.6 Å². The molecule has 134 valence electrons. The predicted octanol–water partition coefficient (Wildman–Crippen LogP) is 3.14. The summed E-state index contributed by atoms with van der Waals surface area (Å²) in [5, 5.41) is 11.2. The van der Waals surface area contributed by atoms with Crippen LogP contribution >= 0.6 is 11.6 Å². The van der Waals surface area contributed by atoms with Crippen LogP contribution in [0.2, 0.25) is 5.02 Å². The molecule has 4 nitrogen and oxygen atoms in total. The van der Waals surface area contributed by atoms with E-state index in [1.54, 1.807) is 11.0 Å². The molecular weight excluding hydrogens is 343 g/mol. The molecule has 1 aliphatic rings. The van der Waals surface area contributed by atoms with Crippen LogP contribution in [0, 0.1) is 0 Å². The zero-order chi connectivity index (χ0) is 18.0. The van der Waals surface area contributed by atoms with Gasteiger partial charge in [-0.05, 0) is 25.3 Å². The number of rotatable bonds is 5. The zero-order valence-corrected chi connectivity index (χ0v) is 14.2. The topological polar surface area (TPSA) is 30.0 Å². The fraction of sp³-hybridized carbons (Fsp3) is 0.500. The largest absolute Gasteiger partial charge is 0.406 e. The SMILES string of the molecule is C=CN(CC(F)(F)F)C(C)(O)N1CCN(c2ccccc2Cl)CC1. The Balaban J connectivity index is 2.04. The van der Waals surface area contributed by atoms with Crippen molar-refractivity contribution >= 4 is 17.3 Å². The molecule has 1 unspecified atom stereocenters. The van der Waals surface area contributed by atoms with Crippen molar-refractivity contribution in [2.45, 2.75) is 18.9 Å². The van der Waals surface area contributed by atoms with Crippen LogP contribution in [0.25, 0.3) is 0 Å². The maximum Gasteiger partial charge on any atom is 0.406 e. The number of anilines is 1. The molecule has 1 heterocycles. The molecule has 0 aliphatic carbocycles. The highest BCUT2D eigenvalue weighted by Crippen LogP contribution is 2.29. The van der Waals surface area contributed by atoms with Crippen LogP contribution in [-0.4, -0.2) is 59.7 Å². The van der Waals surface area contributed by atoms with Crippen molar-refractivity contribution in [2.75, 3.05) is 37.6 Å². The highest BCUT2D eigenvalue weighted by atomic mass is 35.5. The van der Waals surface area contributed by atoms with E-state index in [0.717, 1.165) is 16.8 Å². The Morgan fingerprint density at radius 2 is 1.83 bits per heavy atom. The molecule has 0 amide bonds. The van der Waals surface area contributed by atoms with E-state index in [1.807, 2.05) is 18.2 Å². The summed E-state index contributed by atoms with van der Waals surface area (Å²) in [7, 11) is 0. The summed E-state index contributed by atoms with van der Waals surface area (Å²) < 4.78 is 38.0. The Kier molecular flexibility index (Phi) is 5.67. The highest BCUT2D eigenvalue weighted by Gasteiger charge is 2.41. The second kappa shape index (κ2) is 7.21. The number of aliphatic hydroxyl groups is 1. The molecule has 1 N–H and O–H groups in total. The van der Waals surface area contributed by atoms with Crippen molar-refractivity contribution in [3.05, 3.63) is 42.1 Å². The molecule has 2 rings (SSSR count). The Morgan fingerprint density at radius 3 is 2.33 bits per heavy atom. The number of benzene rings is 1. The van der Waals surface area contributed by atoms with Crippen molar-refractivity contribution in [3.8, 4) is 0 Å². The first kappa shape index (κ1) is 18.9. The molecule has 0 spiro atoms. The number of piperazine rings is 1. The molecule has 1 atom stereocenters. The molecule has 0 aromatic heterocycles. The van der Waals surface area contributed by atoms with Gasteiger partial charge in [-0.2, -0.15) is 13.2 Å². The van der Waals surface area contributed by atoms with Crippen molar-refractivity contribution in [1.29, 1.82) is 0 Å². The van der Waals surface area contributed by atoms with Gasteiger partial charge in [-0.25, -0.2) is 0 Å². The van der Waals surface area contributed by atoms with Gasteiger partial charge in [-0.3, -0.25) is 4.90 Å². The molecule has 1 aliphatic heterocycles. The first-order valence-corrected chi connectivity index (χ1v) is 7.96. The molecule has 0 saturated carbocycles. The number of hydrogen-bond acceptors (Lipinski definition) is 4. The molecule has 24 heavy (non-hydrogen) atoms. The third-order valence-corrected chi connectivity index (χ3v) is 4.51. The number of nitrogens with zero attached hydrogens (tertiary/aromatic N) is 3. The standard InChI is InChI=1S/C16H21ClF3N3O/c1-3-22(12-16(18,19)20)15(2,24)23-10-8-21(9-11-23)14-7-5-4-6-13(14)17/h3-7,24H,1,8-12H2,2H3. The van der Waals surface area contributed by atoms with Gasteiger partial charge >= 0.3 is 6.18 Å². The van der Waals surface area contributed by atoms with Crippen molar-refractivity contribution in [2.24, 2.45) is 0 Å². The molecular formula is C16H21ClF3N3O. The van der Waals surface area contributed by atoms with Gasteiger partial charge in [0.1, 0.15) is 6.54 Å². The minimum absolute atomic E-state index is 0.403. The van der Waals surface area contributed by atoms with Gasteiger partial charge in [0.05, 0.1) is 10.7 Å². The van der Waals surface area contributed by atoms with Crippen LogP contribution in [0.1, 0.15) is 6.92 Å². The smallest absolute Gasteiger partial charge is 0.368 e. The van der Waals surface area contributed by atoms with Gasteiger partial charge in [0.25, 0.3) is 0 Å². The summed E-state index contributed by atoms with van der Waals surface area (Å²) in [5.74, 6) is -1.76. The Hall–Kier alpha value is -1.44. The van der Waals surface area contributed by atoms with Crippen LogP contribution in [-0.2, 0) is 0 Å². The fourth-order valence-electron chi connectivity index (χ4n) is 2.84. The second-order valence-electron chi connectivity index (χ2n) is 5.82. The van der Waals surface area contributed by atoms with Crippen LogP contribution < -0.4 is 4.90 Å². The number of hydrogen-bond donors (Lipinski definition) is 1. The van der Waals surface area contributed by atoms with Gasteiger partial charge in [0.15, 0.2) is 5.85 Å². The van der Waals surface area contributed by atoms with E-state index >= 15 is 0 Å². The van der Waals surface area contributed by atoms with Crippen molar-refractivity contribution in [1.82, 2.24) is 9.80 Å². The average Bonchev–Trinajstić information content (AvgIpc) is 2.52. The van der Waals surface area contributed by atoms with Gasteiger partial charge in [-0.1, -0.05) is 30.3 Å². The van der Waals surface area contributed by atoms with Crippen LogP contribution in [0.15, 0.2) is 37.0 Å². The summed E-state index contributed by atoms with van der Waals surface area (Å²) in [4.78, 5) is 4.46. The maximum absolute atomic E-state index is 12.7. The number of para-hydroxylation sites is 1. The predicted molar refractivity (Wildman–Crippen MR) is 88.8 cm³/mol. The van der Waals surface area contributed by atoms with E-state index in [4.69, 9.17) is 11.6 Å². The van der Waals surface area contributed by atoms with Gasteiger partial charge < -0.3 is 14.9 Å². The third kappa shape index (κ3) is 4.34. The first-order chi connectivity index (χ1) is 11.1. The van der Waals surface area contributed by atoms with E-state index in [-0.39, 0.29) is 0 Å². The number of halogens is 4. The van der Waals surface area contributed by atoms with Crippen LogP contribution in [0.3, 0.4) is 0 Å². The monoisotopic (exact) mass is 363 g/mol. The Morgan fingerprint density at radius 1 is 1.25 bits per heavy atom. The van der Waals surface area contributed by atoms with E-state index in [9.17, 15) is 18.3 Å². The lowest BCUT2D eigenvalue weighted by molar-refractivity contribution is -0.228. The van der Waals surface area contributed by atoms with Gasteiger partial charge in [-0.15, -0.1) is 0 Å². The summed E-state index contributed by atoms with van der Waals surface area (Å²) in [5.41, 5.74) is 0.884. The second-order valence-corrected chi connectivity index (χ2v) is 6.23. The first-order valence-electron chi connectivity index (χ1n) is 7.58. The van der Waals surface area contributed by atoms with Crippen LogP contribution in [0.5, 0.6) is 0 Å². The highest BCUT2D eigenvalue weighted by molar-refractivity contribution is 6.33. The molecule has 0 bridgehead atoms. The summed E-state index contributed by atoms with van der Waals surface area (Å²) in [6.45, 7) is 5.40. The summed E-state index contributed by atoms with van der Waals surface area (Å²) in [6, 6.07) is 7.41. The quantitative estimate of drug-likeness (QED) is 0.814. The lowest BCUT2D eigenvalue weighted by Gasteiger charge is -2.48. The normalized spacial score (nSPS) is 19.0. The Bertz CT molecular complexity index is 572. The molecule has 1 aromatic rings. The van der Waals surface area contributed by atoms with Gasteiger partial charge in [0.2, 0.25) is 0 Å². The minimum atomic E-state index is -4.42. The zero-order valence-electron chi connectivity index (χ0n) is 13.4. The summed E-state index contributed by atoms with van der Waals surface area (Å²) >= 11 is 6.18. The minimum Gasteiger partial charge on any atom is -0.368 e. The Labute approximate surface area is 144 Å². The maximum atomic E-state index is 12.7. The van der Waals surface area contributed by atoms with E-state index in [2.05, 4.69) is 11.5 Å². The lowest BCUT2D eigenvalue weighted by atomic mass is 10.2. The lowest BCUT2D eigenvalue weighted by Crippen LogP contribution is -2.63. The molecule has 1 aromatic carbocycles. The van der Waals surface area contributed by atoms with Crippen molar-refractivity contribution in [3.63, 3.8) is 0 Å². The molecule has 1 saturated heterocycles. The average molecular weight is 364 g/mol. The third-order valence-electron chi connectivity index (χ3n) is 4.19.